The van der Waals surface area contributed by atoms with E-state index in [0.717, 1.165) is 19.6 Å². The molecule has 10 nitrogen and oxygen atoms in total. The van der Waals surface area contributed by atoms with Crippen LogP contribution in [0.25, 0.3) is 0 Å². The van der Waals surface area contributed by atoms with Gasteiger partial charge in [-0.15, -0.1) is 0 Å². The molecule has 0 aromatic carbocycles. The Hall–Kier alpha value is -0.400. The van der Waals surface area contributed by atoms with Crippen LogP contribution in [0.5, 0.6) is 0 Å². The zero-order valence-electron chi connectivity index (χ0n) is 27.4. The van der Waals surface area contributed by atoms with E-state index < -0.39 is 0 Å². The highest BCUT2D eigenvalue weighted by Crippen LogP contribution is 2.12. The Balaban J connectivity index is 3.04. The van der Waals surface area contributed by atoms with Gasteiger partial charge in [-0.1, -0.05) is 51.4 Å². The van der Waals surface area contributed by atoms with Crippen LogP contribution in [0.1, 0.15) is 85.0 Å². The molecule has 0 bridgehead atoms. The van der Waals surface area contributed by atoms with Gasteiger partial charge in [-0.2, -0.15) is 0 Å². The summed E-state index contributed by atoms with van der Waals surface area (Å²) in [5.74, 6) is 0. The minimum atomic E-state index is -0.00178. The average molecular weight is 611 g/mol. The van der Waals surface area contributed by atoms with Gasteiger partial charge in [0.1, 0.15) is 0 Å². The molecular formula is C32H66O10. The molecule has 0 aromatic rings. The van der Waals surface area contributed by atoms with Crippen molar-refractivity contribution in [2.24, 2.45) is 0 Å². The van der Waals surface area contributed by atoms with E-state index in [2.05, 4.69) is 20.8 Å². The molecule has 0 fully saturated rings. The zero-order valence-corrected chi connectivity index (χ0v) is 27.4. The summed E-state index contributed by atoms with van der Waals surface area (Å²) in [5.41, 5.74) is -0.00178. The molecule has 254 valence electrons. The molecule has 0 radical (unpaired) electrons. The summed E-state index contributed by atoms with van der Waals surface area (Å²) in [4.78, 5) is 0. The lowest BCUT2D eigenvalue weighted by atomic mass is 10.1. The van der Waals surface area contributed by atoms with Crippen LogP contribution in [0.4, 0.5) is 0 Å². The number of aliphatic hydroxyl groups excluding tert-OH is 1. The lowest BCUT2D eigenvalue weighted by Gasteiger charge is -2.19. The van der Waals surface area contributed by atoms with Crippen molar-refractivity contribution >= 4 is 0 Å². The first-order valence-electron chi connectivity index (χ1n) is 16.4. The van der Waals surface area contributed by atoms with E-state index in [-0.39, 0.29) is 12.2 Å². The quantitative estimate of drug-likeness (QED) is 0.0993. The number of unbranched alkanes of at least 4 members (excludes halogenated alkanes) is 9. The van der Waals surface area contributed by atoms with Crippen LogP contribution in [0.2, 0.25) is 0 Å². The van der Waals surface area contributed by atoms with Gasteiger partial charge < -0.3 is 47.7 Å². The molecule has 0 aliphatic rings. The highest BCUT2D eigenvalue weighted by Gasteiger charge is 2.08. The number of aliphatic hydroxyl groups is 1. The molecule has 0 aromatic heterocycles. The number of hydrogen-bond acceptors (Lipinski definition) is 10. The van der Waals surface area contributed by atoms with E-state index in [4.69, 9.17) is 47.7 Å². The predicted molar refractivity (Wildman–Crippen MR) is 166 cm³/mol. The van der Waals surface area contributed by atoms with E-state index in [1.807, 2.05) is 0 Å². The summed E-state index contributed by atoms with van der Waals surface area (Å²) in [7, 11) is 0. The second-order valence-corrected chi connectivity index (χ2v) is 11.1. The summed E-state index contributed by atoms with van der Waals surface area (Å²) in [6, 6.07) is 0. The molecule has 0 spiro atoms. The van der Waals surface area contributed by atoms with Crippen LogP contribution in [0.3, 0.4) is 0 Å². The van der Waals surface area contributed by atoms with Gasteiger partial charge in [0.25, 0.3) is 0 Å². The van der Waals surface area contributed by atoms with E-state index in [9.17, 15) is 0 Å². The van der Waals surface area contributed by atoms with Gasteiger partial charge in [0.15, 0.2) is 0 Å². The summed E-state index contributed by atoms with van der Waals surface area (Å²) in [6.45, 7) is 16.0. The predicted octanol–water partition coefficient (Wildman–Crippen LogP) is 4.83. The monoisotopic (exact) mass is 610 g/mol. The molecule has 10 heteroatoms. The summed E-state index contributed by atoms with van der Waals surface area (Å²) in [6.07, 6.45) is 12.9. The smallest absolute Gasteiger partial charge is 0.0701 e. The second-order valence-electron chi connectivity index (χ2n) is 11.1. The van der Waals surface area contributed by atoms with Crippen LogP contribution in [0, 0.1) is 0 Å². The maximum atomic E-state index is 8.58. The standard InChI is InChI=1S/C32H66O10/c1-32(2,3)42-16-13-11-9-7-5-4-6-8-10-12-15-34-18-20-36-22-24-38-26-28-40-30-31-41-29-27-39-25-23-37-21-19-35-17-14-33/h33H,4-31H2,1-3H3. The molecule has 0 rings (SSSR count). The van der Waals surface area contributed by atoms with Crippen molar-refractivity contribution < 1.29 is 47.7 Å². The minimum absolute atomic E-state index is 0.00178. The van der Waals surface area contributed by atoms with Crippen LogP contribution >= 0.6 is 0 Å². The van der Waals surface area contributed by atoms with Gasteiger partial charge in [-0.25, -0.2) is 0 Å². The Morgan fingerprint density at radius 1 is 0.310 bits per heavy atom. The van der Waals surface area contributed by atoms with Crippen molar-refractivity contribution in [1.29, 1.82) is 0 Å². The third-order valence-corrected chi connectivity index (χ3v) is 6.06. The fourth-order valence-corrected chi connectivity index (χ4v) is 3.80. The number of ether oxygens (including phenoxy) is 9. The molecule has 0 aliphatic carbocycles. The highest BCUT2D eigenvalue weighted by atomic mass is 16.6. The number of hydrogen-bond donors (Lipinski definition) is 1. The fourth-order valence-electron chi connectivity index (χ4n) is 3.80. The molecule has 0 aliphatic heterocycles. The van der Waals surface area contributed by atoms with Crippen molar-refractivity contribution in [3.63, 3.8) is 0 Å². The Bertz CT molecular complexity index is 490. The van der Waals surface area contributed by atoms with Gasteiger partial charge in [0, 0.05) is 13.2 Å². The van der Waals surface area contributed by atoms with Gasteiger partial charge in [0.2, 0.25) is 0 Å². The van der Waals surface area contributed by atoms with Gasteiger partial charge >= 0.3 is 0 Å². The molecule has 0 heterocycles. The lowest BCUT2D eigenvalue weighted by molar-refractivity contribution is -0.0238. The largest absolute Gasteiger partial charge is 0.394 e. The summed E-state index contributed by atoms with van der Waals surface area (Å²) in [5, 5.41) is 8.58. The first kappa shape index (κ1) is 41.6. The van der Waals surface area contributed by atoms with Crippen LogP contribution in [-0.4, -0.2) is 130 Å². The zero-order chi connectivity index (χ0) is 30.7. The Labute approximate surface area is 257 Å². The summed E-state index contributed by atoms with van der Waals surface area (Å²) < 4.78 is 49.2. The molecule has 42 heavy (non-hydrogen) atoms. The average Bonchev–Trinajstić information content (AvgIpc) is 2.96. The Morgan fingerprint density at radius 3 is 0.833 bits per heavy atom. The van der Waals surface area contributed by atoms with Crippen molar-refractivity contribution in [3.05, 3.63) is 0 Å². The van der Waals surface area contributed by atoms with Crippen molar-refractivity contribution in [1.82, 2.24) is 0 Å². The minimum Gasteiger partial charge on any atom is -0.394 e. The molecule has 0 saturated heterocycles. The molecule has 0 atom stereocenters. The summed E-state index contributed by atoms with van der Waals surface area (Å²) >= 11 is 0. The maximum absolute atomic E-state index is 8.58. The topological polar surface area (TPSA) is 103 Å². The molecule has 1 N–H and O–H groups in total. The normalized spacial score (nSPS) is 12.0. The Morgan fingerprint density at radius 2 is 0.548 bits per heavy atom. The first-order valence-corrected chi connectivity index (χ1v) is 16.4. The van der Waals surface area contributed by atoms with Crippen molar-refractivity contribution in [2.45, 2.75) is 90.6 Å². The SMILES string of the molecule is CC(C)(C)OCCCCCCCCCCCCOCCOCCOCCOCCOCCOCCOCCOCCO. The van der Waals surface area contributed by atoms with E-state index in [1.165, 1.54) is 57.8 Å². The van der Waals surface area contributed by atoms with E-state index in [1.54, 1.807) is 0 Å². The third-order valence-electron chi connectivity index (χ3n) is 6.06. The first-order chi connectivity index (χ1) is 20.6. The Kier molecular flexibility index (Phi) is 34.7. The lowest BCUT2D eigenvalue weighted by Crippen LogP contribution is -2.19. The molecule has 0 amide bonds. The van der Waals surface area contributed by atoms with Crippen LogP contribution < -0.4 is 0 Å². The van der Waals surface area contributed by atoms with Crippen molar-refractivity contribution in [2.75, 3.05) is 119 Å². The molecule has 0 unspecified atom stereocenters. The van der Waals surface area contributed by atoms with Crippen LogP contribution in [-0.2, 0) is 42.6 Å². The second kappa shape index (κ2) is 35.1. The van der Waals surface area contributed by atoms with E-state index >= 15 is 0 Å². The van der Waals surface area contributed by atoms with E-state index in [0.29, 0.717) is 99.1 Å². The fraction of sp³-hybridized carbons (Fsp3) is 1.00. The van der Waals surface area contributed by atoms with Crippen molar-refractivity contribution in [3.8, 4) is 0 Å². The maximum Gasteiger partial charge on any atom is 0.0701 e. The van der Waals surface area contributed by atoms with Crippen LogP contribution in [0.15, 0.2) is 0 Å². The third kappa shape index (κ3) is 39.6. The van der Waals surface area contributed by atoms with Gasteiger partial charge in [-0.05, 0) is 33.6 Å². The van der Waals surface area contributed by atoms with Gasteiger partial charge in [-0.3, -0.25) is 0 Å². The number of rotatable bonds is 36. The highest BCUT2D eigenvalue weighted by molar-refractivity contribution is 4.58. The van der Waals surface area contributed by atoms with Gasteiger partial charge in [0.05, 0.1) is 111 Å². The molecular weight excluding hydrogens is 544 g/mol. The molecule has 0 saturated carbocycles.